The van der Waals surface area contributed by atoms with E-state index in [-0.39, 0.29) is 0 Å². The van der Waals surface area contributed by atoms with Crippen LogP contribution in [0.1, 0.15) is 6.42 Å². The highest BCUT2D eigenvalue weighted by molar-refractivity contribution is 7.97. The maximum absolute atomic E-state index is 2.97. The van der Waals surface area contributed by atoms with Gasteiger partial charge in [-0.15, -0.1) is 0 Å². The summed E-state index contributed by atoms with van der Waals surface area (Å²) in [5, 5.41) is 0. The van der Waals surface area contributed by atoms with Crippen molar-refractivity contribution in [3.8, 4) is 0 Å². The lowest BCUT2D eigenvalue weighted by atomic mass is 10.5. The van der Waals surface area contributed by atoms with Gasteiger partial charge >= 0.3 is 0 Å². The number of nitrogens with one attached hydrogen (secondary N) is 3. The lowest BCUT2D eigenvalue weighted by Gasteiger charge is -1.96. The van der Waals surface area contributed by atoms with Crippen molar-refractivity contribution in [1.82, 2.24) is 15.8 Å². The van der Waals surface area contributed by atoms with Crippen molar-refractivity contribution in [1.29, 1.82) is 0 Å². The summed E-state index contributed by atoms with van der Waals surface area (Å²) in [6, 6.07) is 0. The molecule has 1 rings (SSSR count). The molecule has 0 atom stereocenters. The van der Waals surface area contributed by atoms with E-state index in [4.69, 9.17) is 0 Å². The minimum Gasteiger partial charge on any atom is -0.243 e. The fourth-order valence-corrected chi connectivity index (χ4v) is 0.954. The Morgan fingerprint density at radius 1 is 1.43 bits per heavy atom. The minimum absolute atomic E-state index is 1.06. The molecule has 0 bridgehead atoms. The highest BCUT2D eigenvalue weighted by Gasteiger charge is 1.92. The third-order valence-corrected chi connectivity index (χ3v) is 1.50. The molecule has 7 heavy (non-hydrogen) atoms. The van der Waals surface area contributed by atoms with Gasteiger partial charge in [0.1, 0.15) is 0 Å². The standard InChI is InChI=1S/C3H9N3S/c1-2-4-5-6-7-3-1/h4-6H,1-3H2. The van der Waals surface area contributed by atoms with Crippen molar-refractivity contribution in [3.63, 3.8) is 0 Å². The Balaban J connectivity index is 2.04. The van der Waals surface area contributed by atoms with Crippen LogP contribution in [0.2, 0.25) is 0 Å². The smallest absolute Gasteiger partial charge is 0.0122 e. The van der Waals surface area contributed by atoms with E-state index in [0.717, 1.165) is 6.54 Å². The highest BCUT2D eigenvalue weighted by Crippen LogP contribution is 1.94. The third kappa shape index (κ3) is 2.13. The summed E-state index contributed by atoms with van der Waals surface area (Å²) in [5.41, 5.74) is 5.78. The van der Waals surface area contributed by atoms with Crippen LogP contribution >= 0.6 is 11.9 Å². The average Bonchev–Trinajstić information content (AvgIpc) is 1.90. The van der Waals surface area contributed by atoms with Crippen LogP contribution in [-0.2, 0) is 0 Å². The molecular formula is C3H9N3S. The molecule has 0 radical (unpaired) electrons. The topological polar surface area (TPSA) is 36.1 Å². The van der Waals surface area contributed by atoms with E-state index in [2.05, 4.69) is 15.8 Å². The normalized spacial score (nSPS) is 24.0. The van der Waals surface area contributed by atoms with Gasteiger partial charge in [0.25, 0.3) is 0 Å². The quantitative estimate of drug-likeness (QED) is 0.380. The van der Waals surface area contributed by atoms with Crippen molar-refractivity contribution in [2.24, 2.45) is 0 Å². The Bertz CT molecular complexity index is 29.8. The summed E-state index contributed by atoms with van der Waals surface area (Å²) < 4.78 is 0. The molecule has 0 aromatic carbocycles. The Hall–Kier alpha value is 0.230. The average molecular weight is 119 g/mol. The fourth-order valence-electron chi connectivity index (χ4n) is 0.418. The predicted octanol–water partition coefficient (Wildman–Crippen LogP) is -0.363. The van der Waals surface area contributed by atoms with Crippen molar-refractivity contribution in [2.75, 3.05) is 12.3 Å². The Morgan fingerprint density at radius 2 is 2.43 bits per heavy atom. The second-order valence-corrected chi connectivity index (χ2v) is 2.26. The maximum atomic E-state index is 2.97. The summed E-state index contributed by atoms with van der Waals surface area (Å²) in [5.74, 6) is 1.18. The summed E-state index contributed by atoms with van der Waals surface area (Å²) in [6.07, 6.45) is 1.23. The van der Waals surface area contributed by atoms with Crippen molar-refractivity contribution < 1.29 is 0 Å². The molecule has 0 unspecified atom stereocenters. The van der Waals surface area contributed by atoms with Gasteiger partial charge in [-0.25, -0.2) is 5.43 Å². The molecule has 1 aliphatic heterocycles. The minimum atomic E-state index is 1.06. The van der Waals surface area contributed by atoms with Gasteiger partial charge in [-0.2, -0.15) is 10.4 Å². The van der Waals surface area contributed by atoms with E-state index >= 15 is 0 Å². The molecule has 1 saturated heterocycles. The van der Waals surface area contributed by atoms with Gasteiger partial charge < -0.3 is 0 Å². The third-order valence-electron chi connectivity index (χ3n) is 0.760. The monoisotopic (exact) mass is 119 g/mol. The SMILES string of the molecule is C1CNNNSC1. The van der Waals surface area contributed by atoms with E-state index in [0.29, 0.717) is 0 Å². The molecule has 0 saturated carbocycles. The molecule has 1 aliphatic rings. The zero-order valence-electron chi connectivity index (χ0n) is 4.03. The molecular weight excluding hydrogens is 110 g/mol. The fraction of sp³-hybridized carbons (Fsp3) is 1.00. The molecule has 0 amide bonds. The Labute approximate surface area is 47.3 Å². The maximum Gasteiger partial charge on any atom is 0.0122 e. The van der Waals surface area contributed by atoms with Gasteiger partial charge in [0.2, 0.25) is 0 Å². The lowest BCUT2D eigenvalue weighted by molar-refractivity contribution is 0.534. The highest BCUT2D eigenvalue weighted by atomic mass is 32.2. The van der Waals surface area contributed by atoms with Gasteiger partial charge in [-0.3, -0.25) is 0 Å². The lowest BCUT2D eigenvalue weighted by Crippen LogP contribution is -2.37. The number of hydrogen-bond donors (Lipinski definition) is 3. The second kappa shape index (κ2) is 3.26. The molecule has 3 N–H and O–H groups in total. The summed E-state index contributed by atoms with van der Waals surface area (Å²) in [6.45, 7) is 1.06. The molecule has 42 valence electrons. The largest absolute Gasteiger partial charge is 0.243 e. The van der Waals surface area contributed by atoms with Gasteiger partial charge in [-0.1, -0.05) is 11.9 Å². The van der Waals surface area contributed by atoms with Gasteiger partial charge in [0.05, 0.1) is 0 Å². The van der Waals surface area contributed by atoms with Crippen LogP contribution in [0.3, 0.4) is 0 Å². The van der Waals surface area contributed by atoms with Crippen LogP contribution in [0, 0.1) is 0 Å². The summed E-state index contributed by atoms with van der Waals surface area (Å²) >= 11 is 1.69. The van der Waals surface area contributed by atoms with Gasteiger partial charge in [0, 0.05) is 12.3 Å². The van der Waals surface area contributed by atoms with Crippen LogP contribution in [0.5, 0.6) is 0 Å². The van der Waals surface area contributed by atoms with Crippen molar-refractivity contribution >= 4 is 11.9 Å². The molecule has 0 aliphatic carbocycles. The predicted molar refractivity (Wildman–Crippen MR) is 31.3 cm³/mol. The number of rotatable bonds is 0. The van der Waals surface area contributed by atoms with E-state index in [1.54, 1.807) is 11.9 Å². The second-order valence-electron chi connectivity index (χ2n) is 1.36. The van der Waals surface area contributed by atoms with Crippen LogP contribution in [0.15, 0.2) is 0 Å². The molecule has 4 heteroatoms. The van der Waals surface area contributed by atoms with Crippen molar-refractivity contribution in [2.45, 2.75) is 6.42 Å². The molecule has 3 nitrogen and oxygen atoms in total. The first kappa shape index (κ1) is 5.37. The number of hydrogen-bond acceptors (Lipinski definition) is 4. The zero-order valence-corrected chi connectivity index (χ0v) is 4.85. The Kier molecular flexibility index (Phi) is 2.50. The first-order valence-corrected chi connectivity index (χ1v) is 3.33. The molecule has 1 heterocycles. The van der Waals surface area contributed by atoms with Crippen LogP contribution in [-0.4, -0.2) is 12.3 Å². The molecule has 0 spiro atoms. The van der Waals surface area contributed by atoms with Crippen LogP contribution in [0.25, 0.3) is 0 Å². The first-order valence-electron chi connectivity index (χ1n) is 2.35. The zero-order chi connectivity index (χ0) is 4.95. The van der Waals surface area contributed by atoms with E-state index in [1.165, 1.54) is 12.2 Å². The van der Waals surface area contributed by atoms with Gasteiger partial charge in [0.15, 0.2) is 0 Å². The molecule has 0 aromatic rings. The summed E-state index contributed by atoms with van der Waals surface area (Å²) in [4.78, 5) is 2.90. The number of hydrazine groups is 2. The molecule has 0 aromatic heterocycles. The van der Waals surface area contributed by atoms with Crippen LogP contribution < -0.4 is 15.8 Å². The molecule has 1 fully saturated rings. The van der Waals surface area contributed by atoms with Crippen molar-refractivity contribution in [3.05, 3.63) is 0 Å². The van der Waals surface area contributed by atoms with Crippen LogP contribution in [0.4, 0.5) is 0 Å². The van der Waals surface area contributed by atoms with E-state index in [1.807, 2.05) is 0 Å². The Morgan fingerprint density at radius 3 is 3.43 bits per heavy atom. The van der Waals surface area contributed by atoms with Gasteiger partial charge in [-0.05, 0) is 6.42 Å². The summed E-state index contributed by atoms with van der Waals surface area (Å²) in [7, 11) is 0. The first-order chi connectivity index (χ1) is 3.50. The van der Waals surface area contributed by atoms with E-state index < -0.39 is 0 Å². The van der Waals surface area contributed by atoms with E-state index in [9.17, 15) is 0 Å².